The number of nitrogens with one attached hydrogen (secondary N) is 1. The maximum Gasteiger partial charge on any atom is 0.269 e. The first-order chi connectivity index (χ1) is 9.58. The molecule has 1 fully saturated rings. The van der Waals surface area contributed by atoms with Crippen molar-refractivity contribution in [3.8, 4) is 0 Å². The van der Waals surface area contributed by atoms with E-state index in [1.165, 1.54) is 12.8 Å². The summed E-state index contributed by atoms with van der Waals surface area (Å²) in [5.41, 5.74) is 1.22. The molecule has 5 heteroatoms. The van der Waals surface area contributed by atoms with E-state index in [9.17, 15) is 10.1 Å². The van der Waals surface area contributed by atoms with Crippen LogP contribution in [0.4, 0.5) is 11.4 Å². The lowest BCUT2D eigenvalue weighted by Crippen LogP contribution is -2.41. The Morgan fingerprint density at radius 3 is 2.60 bits per heavy atom. The Morgan fingerprint density at radius 1 is 1.40 bits per heavy atom. The Labute approximate surface area is 120 Å². The summed E-state index contributed by atoms with van der Waals surface area (Å²) in [7, 11) is 0. The van der Waals surface area contributed by atoms with E-state index in [4.69, 9.17) is 0 Å². The van der Waals surface area contributed by atoms with E-state index in [0.29, 0.717) is 12.0 Å². The summed E-state index contributed by atoms with van der Waals surface area (Å²) in [4.78, 5) is 12.7. The Balaban J connectivity index is 2.09. The van der Waals surface area contributed by atoms with Gasteiger partial charge in [0.2, 0.25) is 0 Å². The number of hydrogen-bond donors (Lipinski definition) is 1. The highest BCUT2D eigenvalue weighted by Crippen LogP contribution is 2.23. The van der Waals surface area contributed by atoms with Gasteiger partial charge >= 0.3 is 0 Å². The van der Waals surface area contributed by atoms with Gasteiger partial charge in [-0.1, -0.05) is 0 Å². The van der Waals surface area contributed by atoms with E-state index in [-0.39, 0.29) is 10.6 Å². The number of rotatable bonds is 5. The van der Waals surface area contributed by atoms with Crippen LogP contribution in [0.25, 0.3) is 0 Å². The Bertz CT molecular complexity index is 439. The third kappa shape index (κ3) is 3.70. The highest BCUT2D eigenvalue weighted by Gasteiger charge is 2.19. The van der Waals surface area contributed by atoms with Crippen molar-refractivity contribution in [1.82, 2.24) is 5.32 Å². The van der Waals surface area contributed by atoms with E-state index in [2.05, 4.69) is 24.1 Å². The van der Waals surface area contributed by atoms with Crippen molar-refractivity contribution in [2.45, 2.75) is 32.7 Å². The molecule has 0 spiro atoms. The normalized spacial score (nSPS) is 19.1. The van der Waals surface area contributed by atoms with Crippen LogP contribution in [0.1, 0.15) is 26.7 Å². The van der Waals surface area contributed by atoms with Crippen molar-refractivity contribution < 1.29 is 4.92 Å². The molecule has 0 aromatic heterocycles. The molecule has 20 heavy (non-hydrogen) atoms. The number of nitro groups is 1. The van der Waals surface area contributed by atoms with E-state index < -0.39 is 0 Å². The van der Waals surface area contributed by atoms with Crippen LogP contribution >= 0.6 is 0 Å². The van der Waals surface area contributed by atoms with Gasteiger partial charge in [0, 0.05) is 30.4 Å². The zero-order valence-corrected chi connectivity index (χ0v) is 12.2. The Kier molecular flexibility index (Phi) is 4.95. The molecular formula is C15H23N3O2. The van der Waals surface area contributed by atoms with Crippen molar-refractivity contribution in [2.75, 3.05) is 24.5 Å². The van der Waals surface area contributed by atoms with Gasteiger partial charge in [-0.05, 0) is 57.8 Å². The summed E-state index contributed by atoms with van der Waals surface area (Å²) < 4.78 is 0. The molecule has 1 aromatic carbocycles. The van der Waals surface area contributed by atoms with Gasteiger partial charge < -0.3 is 10.2 Å². The molecule has 1 aromatic rings. The molecule has 0 bridgehead atoms. The van der Waals surface area contributed by atoms with Crippen molar-refractivity contribution in [2.24, 2.45) is 5.92 Å². The lowest BCUT2D eigenvalue weighted by atomic mass is 9.98. The SMILES string of the molecule is CC(C)N(CC1CCCNC1)c1ccc([N+](=O)[O-])cc1. The second-order valence-corrected chi connectivity index (χ2v) is 5.73. The average Bonchev–Trinajstić information content (AvgIpc) is 2.45. The number of anilines is 1. The van der Waals surface area contributed by atoms with Gasteiger partial charge in [0.1, 0.15) is 0 Å². The fraction of sp³-hybridized carbons (Fsp3) is 0.600. The minimum absolute atomic E-state index is 0.150. The molecule has 0 radical (unpaired) electrons. The van der Waals surface area contributed by atoms with Crippen molar-refractivity contribution in [1.29, 1.82) is 0 Å². The highest BCUT2D eigenvalue weighted by molar-refractivity contribution is 5.51. The van der Waals surface area contributed by atoms with Crippen molar-refractivity contribution in [3.05, 3.63) is 34.4 Å². The van der Waals surface area contributed by atoms with Gasteiger partial charge in [0.05, 0.1) is 4.92 Å². The van der Waals surface area contributed by atoms with Gasteiger partial charge in [-0.2, -0.15) is 0 Å². The number of benzene rings is 1. The highest BCUT2D eigenvalue weighted by atomic mass is 16.6. The standard InChI is InChI=1S/C15H23N3O2/c1-12(2)17(11-13-4-3-9-16-10-13)14-5-7-15(8-6-14)18(19)20/h5-8,12-13,16H,3-4,9-11H2,1-2H3. The molecule has 1 N–H and O–H groups in total. The second-order valence-electron chi connectivity index (χ2n) is 5.73. The smallest absolute Gasteiger partial charge is 0.269 e. The number of nitrogens with zero attached hydrogens (tertiary/aromatic N) is 2. The molecule has 110 valence electrons. The summed E-state index contributed by atoms with van der Waals surface area (Å²) in [5, 5.41) is 14.2. The van der Waals surface area contributed by atoms with E-state index in [1.54, 1.807) is 12.1 Å². The topological polar surface area (TPSA) is 58.4 Å². The predicted molar refractivity (Wildman–Crippen MR) is 81.2 cm³/mol. The zero-order valence-electron chi connectivity index (χ0n) is 12.2. The van der Waals surface area contributed by atoms with Crippen LogP contribution in [0.2, 0.25) is 0 Å². The van der Waals surface area contributed by atoms with Gasteiger partial charge in [-0.15, -0.1) is 0 Å². The molecule has 2 rings (SSSR count). The molecule has 1 aliphatic heterocycles. The van der Waals surface area contributed by atoms with Gasteiger partial charge in [-0.25, -0.2) is 0 Å². The molecular weight excluding hydrogens is 254 g/mol. The number of piperidine rings is 1. The number of non-ortho nitro benzene ring substituents is 1. The molecule has 1 saturated heterocycles. The molecule has 5 nitrogen and oxygen atoms in total. The van der Waals surface area contributed by atoms with E-state index in [1.807, 2.05) is 12.1 Å². The summed E-state index contributed by atoms with van der Waals surface area (Å²) in [6.45, 7) is 7.52. The molecule has 1 atom stereocenters. The number of nitro benzene ring substituents is 1. The lowest BCUT2D eigenvalue weighted by molar-refractivity contribution is -0.384. The number of hydrogen-bond acceptors (Lipinski definition) is 4. The zero-order chi connectivity index (χ0) is 14.5. The summed E-state index contributed by atoms with van der Waals surface area (Å²) in [6.07, 6.45) is 2.49. The Morgan fingerprint density at radius 2 is 2.10 bits per heavy atom. The van der Waals surface area contributed by atoms with Crippen LogP contribution in [0, 0.1) is 16.0 Å². The Hall–Kier alpha value is -1.62. The molecule has 0 aliphatic carbocycles. The minimum atomic E-state index is -0.353. The van der Waals surface area contributed by atoms with Crippen LogP contribution < -0.4 is 10.2 Å². The van der Waals surface area contributed by atoms with Gasteiger partial charge in [0.15, 0.2) is 0 Å². The van der Waals surface area contributed by atoms with Crippen molar-refractivity contribution in [3.63, 3.8) is 0 Å². The van der Waals surface area contributed by atoms with Crippen LogP contribution in [0.3, 0.4) is 0 Å². The van der Waals surface area contributed by atoms with E-state index in [0.717, 1.165) is 25.3 Å². The van der Waals surface area contributed by atoms with Crippen LogP contribution in [-0.2, 0) is 0 Å². The van der Waals surface area contributed by atoms with Gasteiger partial charge in [0.25, 0.3) is 5.69 Å². The largest absolute Gasteiger partial charge is 0.369 e. The maximum atomic E-state index is 10.7. The predicted octanol–water partition coefficient (Wildman–Crippen LogP) is 2.81. The fourth-order valence-corrected chi connectivity index (χ4v) is 2.74. The first-order valence-electron chi connectivity index (χ1n) is 7.29. The van der Waals surface area contributed by atoms with Crippen molar-refractivity contribution >= 4 is 11.4 Å². The second kappa shape index (κ2) is 6.70. The quantitative estimate of drug-likeness (QED) is 0.664. The van der Waals surface area contributed by atoms with Crippen LogP contribution in [-0.4, -0.2) is 30.6 Å². The third-order valence-corrected chi connectivity index (χ3v) is 3.87. The molecule has 1 aliphatic rings. The summed E-state index contributed by atoms with van der Waals surface area (Å²) in [5.74, 6) is 0.654. The first-order valence-corrected chi connectivity index (χ1v) is 7.29. The first kappa shape index (κ1) is 14.8. The maximum absolute atomic E-state index is 10.7. The lowest BCUT2D eigenvalue weighted by Gasteiger charge is -2.34. The van der Waals surface area contributed by atoms with Crippen LogP contribution in [0.5, 0.6) is 0 Å². The molecule has 1 unspecified atom stereocenters. The molecule has 0 amide bonds. The van der Waals surface area contributed by atoms with E-state index >= 15 is 0 Å². The molecule has 1 heterocycles. The van der Waals surface area contributed by atoms with Crippen LogP contribution in [0.15, 0.2) is 24.3 Å². The summed E-state index contributed by atoms with van der Waals surface area (Å²) in [6, 6.07) is 7.27. The van der Waals surface area contributed by atoms with Gasteiger partial charge in [-0.3, -0.25) is 10.1 Å². The third-order valence-electron chi connectivity index (χ3n) is 3.87. The molecule has 0 saturated carbocycles. The average molecular weight is 277 g/mol. The monoisotopic (exact) mass is 277 g/mol. The summed E-state index contributed by atoms with van der Waals surface area (Å²) >= 11 is 0. The minimum Gasteiger partial charge on any atom is -0.369 e. The fourth-order valence-electron chi connectivity index (χ4n) is 2.74.